The van der Waals surface area contributed by atoms with Crippen molar-refractivity contribution in [3.63, 3.8) is 0 Å². The molecule has 0 saturated carbocycles. The van der Waals surface area contributed by atoms with Crippen molar-refractivity contribution in [2.75, 3.05) is 32.7 Å². The number of aryl methyl sites for hydroxylation is 1. The molecule has 1 aliphatic heterocycles. The van der Waals surface area contributed by atoms with Crippen LogP contribution in [0.3, 0.4) is 0 Å². The van der Waals surface area contributed by atoms with E-state index in [1.165, 1.54) is 21.6 Å². The molecule has 0 aliphatic carbocycles. The van der Waals surface area contributed by atoms with Crippen molar-refractivity contribution in [2.45, 2.75) is 45.8 Å². The smallest absolute Gasteiger partial charge is 0.134 e. The van der Waals surface area contributed by atoms with Crippen molar-refractivity contribution >= 4 is 11.3 Å². The third-order valence-electron chi connectivity index (χ3n) is 6.42. The minimum Gasteiger partial charge on any atom is -0.485 e. The first-order valence-corrected chi connectivity index (χ1v) is 12.8. The summed E-state index contributed by atoms with van der Waals surface area (Å²) in [6, 6.07) is 21.7. The number of benzene rings is 2. The first-order valence-electron chi connectivity index (χ1n) is 11.9. The van der Waals surface area contributed by atoms with Gasteiger partial charge in [-0.3, -0.25) is 4.90 Å². The fourth-order valence-electron chi connectivity index (χ4n) is 4.58. The van der Waals surface area contributed by atoms with Crippen LogP contribution < -0.4 is 4.74 Å². The number of piperazine rings is 1. The summed E-state index contributed by atoms with van der Waals surface area (Å²) in [5, 5.41) is 2.15. The van der Waals surface area contributed by atoms with Gasteiger partial charge in [-0.15, -0.1) is 11.3 Å². The van der Waals surface area contributed by atoms with E-state index in [9.17, 15) is 0 Å². The van der Waals surface area contributed by atoms with Gasteiger partial charge in [0.05, 0.1) is 0 Å². The van der Waals surface area contributed by atoms with Gasteiger partial charge in [-0.05, 0) is 53.1 Å². The van der Waals surface area contributed by atoms with Crippen molar-refractivity contribution in [1.29, 1.82) is 0 Å². The molecule has 1 fully saturated rings. The number of hydrogen-bond acceptors (Lipinski definition) is 4. The lowest BCUT2D eigenvalue weighted by molar-refractivity contribution is 0.107. The molecule has 32 heavy (non-hydrogen) atoms. The first-order chi connectivity index (χ1) is 15.6. The van der Waals surface area contributed by atoms with E-state index in [0.717, 1.165) is 51.4 Å². The first kappa shape index (κ1) is 23.0. The summed E-state index contributed by atoms with van der Waals surface area (Å²) in [5.41, 5.74) is 4.13. The van der Waals surface area contributed by atoms with Gasteiger partial charge in [0.1, 0.15) is 11.9 Å². The third kappa shape index (κ3) is 6.22. The molecule has 4 rings (SSSR count). The van der Waals surface area contributed by atoms with Crippen molar-refractivity contribution in [3.05, 3.63) is 87.6 Å². The average Bonchev–Trinajstić information content (AvgIpc) is 3.33. The van der Waals surface area contributed by atoms with E-state index < -0.39 is 0 Å². The summed E-state index contributed by atoms with van der Waals surface area (Å²) < 4.78 is 6.54. The molecule has 3 nitrogen and oxygen atoms in total. The molecule has 2 aromatic carbocycles. The number of rotatable bonds is 9. The Kier molecular flexibility index (Phi) is 8.01. The van der Waals surface area contributed by atoms with Gasteiger partial charge in [0, 0.05) is 50.6 Å². The third-order valence-corrected chi connectivity index (χ3v) is 7.39. The second-order valence-electron chi connectivity index (χ2n) is 9.19. The quantitative estimate of drug-likeness (QED) is 0.371. The number of thiophene rings is 1. The molecule has 0 N–H and O–H groups in total. The van der Waals surface area contributed by atoms with Crippen LogP contribution in [0.25, 0.3) is 0 Å². The van der Waals surface area contributed by atoms with E-state index in [0.29, 0.717) is 5.92 Å². The zero-order chi connectivity index (χ0) is 22.3. The Morgan fingerprint density at radius 3 is 2.31 bits per heavy atom. The summed E-state index contributed by atoms with van der Waals surface area (Å²) in [7, 11) is 0. The predicted octanol–water partition coefficient (Wildman–Crippen LogP) is 6.51. The molecular weight excluding hydrogens is 412 g/mol. The molecule has 0 radical (unpaired) electrons. The molecule has 3 aromatic rings. The second kappa shape index (κ2) is 11.1. The van der Waals surface area contributed by atoms with Gasteiger partial charge in [-0.25, -0.2) is 0 Å². The summed E-state index contributed by atoms with van der Waals surface area (Å²) in [4.78, 5) is 6.48. The SMILES string of the molecule is Cc1cc(OC(CCN2CCN(Cc3ccccc3)CC2)c2cccs2)ccc1C(C)C. The molecule has 1 atom stereocenters. The Morgan fingerprint density at radius 2 is 1.66 bits per heavy atom. The molecule has 1 aromatic heterocycles. The van der Waals surface area contributed by atoms with Crippen molar-refractivity contribution in [2.24, 2.45) is 0 Å². The topological polar surface area (TPSA) is 15.7 Å². The molecule has 0 bridgehead atoms. The monoisotopic (exact) mass is 448 g/mol. The minimum atomic E-state index is 0.113. The van der Waals surface area contributed by atoms with E-state index in [-0.39, 0.29) is 6.10 Å². The van der Waals surface area contributed by atoms with Gasteiger partial charge in [-0.2, -0.15) is 0 Å². The number of nitrogens with zero attached hydrogens (tertiary/aromatic N) is 2. The van der Waals surface area contributed by atoms with Gasteiger partial charge in [0.2, 0.25) is 0 Å². The lowest BCUT2D eigenvalue weighted by atomic mass is 9.98. The van der Waals surface area contributed by atoms with E-state index >= 15 is 0 Å². The zero-order valence-corrected chi connectivity index (χ0v) is 20.5. The number of ether oxygens (including phenoxy) is 1. The fraction of sp³-hybridized carbons (Fsp3) is 0.429. The zero-order valence-electron chi connectivity index (χ0n) is 19.7. The van der Waals surface area contributed by atoms with E-state index in [1.54, 1.807) is 11.3 Å². The summed E-state index contributed by atoms with van der Waals surface area (Å²) in [5.74, 6) is 1.52. The molecule has 2 heterocycles. The summed E-state index contributed by atoms with van der Waals surface area (Å²) >= 11 is 1.80. The van der Waals surface area contributed by atoms with Crippen LogP contribution >= 0.6 is 11.3 Å². The molecule has 1 aliphatic rings. The average molecular weight is 449 g/mol. The molecule has 0 spiro atoms. The van der Waals surface area contributed by atoms with Crippen LogP contribution in [0.15, 0.2) is 66.0 Å². The van der Waals surface area contributed by atoms with Crippen LogP contribution in [-0.4, -0.2) is 42.5 Å². The number of hydrogen-bond donors (Lipinski definition) is 0. The van der Waals surface area contributed by atoms with Gasteiger partial charge < -0.3 is 9.64 Å². The minimum absolute atomic E-state index is 0.113. The van der Waals surface area contributed by atoms with Crippen LogP contribution in [0.2, 0.25) is 0 Å². The van der Waals surface area contributed by atoms with Crippen LogP contribution in [0, 0.1) is 6.92 Å². The standard InChI is InChI=1S/C28H36N2OS/c1-22(2)26-12-11-25(20-23(26)3)31-27(28-10-7-19-32-28)13-14-29-15-17-30(18-16-29)21-24-8-5-4-6-9-24/h4-12,19-20,22,27H,13-18,21H2,1-3H3. The normalized spacial score (nSPS) is 16.4. The Morgan fingerprint density at radius 1 is 0.906 bits per heavy atom. The van der Waals surface area contributed by atoms with E-state index in [4.69, 9.17) is 4.74 Å². The lowest BCUT2D eigenvalue weighted by Gasteiger charge is -2.35. The molecule has 1 unspecified atom stereocenters. The van der Waals surface area contributed by atoms with Crippen LogP contribution in [0.1, 0.15) is 53.9 Å². The van der Waals surface area contributed by atoms with Crippen LogP contribution in [0.5, 0.6) is 5.75 Å². The largest absolute Gasteiger partial charge is 0.485 e. The fourth-order valence-corrected chi connectivity index (χ4v) is 5.37. The maximum atomic E-state index is 6.54. The molecule has 0 amide bonds. The van der Waals surface area contributed by atoms with Crippen LogP contribution in [-0.2, 0) is 6.54 Å². The molecule has 4 heteroatoms. The second-order valence-corrected chi connectivity index (χ2v) is 10.2. The Bertz CT molecular complexity index is 947. The highest BCUT2D eigenvalue weighted by atomic mass is 32.1. The predicted molar refractivity (Wildman–Crippen MR) is 136 cm³/mol. The highest BCUT2D eigenvalue weighted by Crippen LogP contribution is 2.31. The lowest BCUT2D eigenvalue weighted by Crippen LogP contribution is -2.46. The van der Waals surface area contributed by atoms with E-state index in [2.05, 4.69) is 96.6 Å². The van der Waals surface area contributed by atoms with Crippen molar-refractivity contribution in [1.82, 2.24) is 9.80 Å². The summed E-state index contributed by atoms with van der Waals surface area (Å²) in [6.45, 7) is 13.3. The maximum Gasteiger partial charge on any atom is 0.134 e. The van der Waals surface area contributed by atoms with Gasteiger partial charge in [0.25, 0.3) is 0 Å². The van der Waals surface area contributed by atoms with Gasteiger partial charge in [-0.1, -0.05) is 56.3 Å². The van der Waals surface area contributed by atoms with Crippen molar-refractivity contribution < 1.29 is 4.74 Å². The molecule has 1 saturated heterocycles. The Labute approximate surface area is 197 Å². The Hall–Kier alpha value is -2.14. The Balaban J connectivity index is 1.32. The van der Waals surface area contributed by atoms with Crippen LogP contribution in [0.4, 0.5) is 0 Å². The van der Waals surface area contributed by atoms with Gasteiger partial charge >= 0.3 is 0 Å². The highest BCUT2D eigenvalue weighted by molar-refractivity contribution is 7.10. The molecule has 170 valence electrons. The van der Waals surface area contributed by atoms with E-state index in [1.807, 2.05) is 0 Å². The summed E-state index contributed by atoms with van der Waals surface area (Å²) in [6.07, 6.45) is 1.13. The molecular formula is C28H36N2OS. The highest BCUT2D eigenvalue weighted by Gasteiger charge is 2.21. The van der Waals surface area contributed by atoms with Crippen molar-refractivity contribution in [3.8, 4) is 5.75 Å². The van der Waals surface area contributed by atoms with Gasteiger partial charge in [0.15, 0.2) is 0 Å². The maximum absolute atomic E-state index is 6.54.